The Balaban J connectivity index is 1.85. The summed E-state index contributed by atoms with van der Waals surface area (Å²) in [5, 5.41) is -0.149. The molecule has 1 aromatic carbocycles. The van der Waals surface area contributed by atoms with Crippen LogP contribution in [0.2, 0.25) is 0 Å². The van der Waals surface area contributed by atoms with Gasteiger partial charge in [0.15, 0.2) is 0 Å². The Morgan fingerprint density at radius 3 is 2.77 bits per heavy atom. The molecule has 1 aliphatic heterocycles. The van der Waals surface area contributed by atoms with Crippen LogP contribution in [-0.2, 0) is 0 Å². The standard InChI is InChI=1S/C17H11NO2S2/c1-2-10-18-16(21)15(22-17(18)19)11-13-8-9-14(20-13)12-6-4-3-5-7-12/h1,3-9,11H,10H2/b15-11+. The van der Waals surface area contributed by atoms with Gasteiger partial charge in [-0.3, -0.25) is 9.69 Å². The molecule has 0 saturated carbocycles. The highest BCUT2D eigenvalue weighted by Crippen LogP contribution is 2.34. The summed E-state index contributed by atoms with van der Waals surface area (Å²) in [6, 6.07) is 13.6. The van der Waals surface area contributed by atoms with Gasteiger partial charge in [-0.1, -0.05) is 48.5 Å². The monoisotopic (exact) mass is 325 g/mol. The molecular formula is C17H11NO2S2. The van der Waals surface area contributed by atoms with Gasteiger partial charge in [0.1, 0.15) is 16.5 Å². The molecule has 5 heteroatoms. The maximum atomic E-state index is 11.8. The number of nitrogens with zero attached hydrogens (tertiary/aromatic N) is 1. The maximum Gasteiger partial charge on any atom is 0.292 e. The van der Waals surface area contributed by atoms with E-state index in [4.69, 9.17) is 23.1 Å². The predicted molar refractivity (Wildman–Crippen MR) is 93.2 cm³/mol. The highest BCUT2D eigenvalue weighted by atomic mass is 32.2. The first-order valence-corrected chi connectivity index (χ1v) is 7.75. The smallest absolute Gasteiger partial charge is 0.292 e. The zero-order valence-electron chi connectivity index (χ0n) is 11.5. The van der Waals surface area contributed by atoms with Crippen molar-refractivity contribution >= 4 is 40.3 Å². The zero-order valence-corrected chi connectivity index (χ0v) is 13.1. The van der Waals surface area contributed by atoms with Gasteiger partial charge < -0.3 is 4.42 Å². The molecule has 0 N–H and O–H groups in total. The second-order valence-electron chi connectivity index (χ2n) is 4.54. The second-order valence-corrected chi connectivity index (χ2v) is 5.92. The first kappa shape index (κ1) is 14.6. The molecule has 1 aliphatic rings. The van der Waals surface area contributed by atoms with Crippen molar-refractivity contribution in [3.8, 4) is 23.7 Å². The summed E-state index contributed by atoms with van der Waals surface area (Å²) in [6.45, 7) is 0.190. The first-order chi connectivity index (χ1) is 10.7. The van der Waals surface area contributed by atoms with E-state index < -0.39 is 0 Å². The molecule has 108 valence electrons. The Kier molecular flexibility index (Phi) is 4.14. The van der Waals surface area contributed by atoms with E-state index in [9.17, 15) is 4.79 Å². The topological polar surface area (TPSA) is 33.5 Å². The Hall–Kier alpha value is -2.29. The molecule has 0 radical (unpaired) electrons. The van der Waals surface area contributed by atoms with Crippen LogP contribution < -0.4 is 0 Å². The van der Waals surface area contributed by atoms with Crippen LogP contribution in [0.1, 0.15) is 5.76 Å². The van der Waals surface area contributed by atoms with Crippen LogP contribution in [0.15, 0.2) is 51.8 Å². The van der Waals surface area contributed by atoms with Crippen LogP contribution >= 0.6 is 24.0 Å². The number of amides is 1. The summed E-state index contributed by atoms with van der Waals surface area (Å²) < 4.78 is 5.79. The minimum Gasteiger partial charge on any atom is -0.457 e. The highest BCUT2D eigenvalue weighted by molar-refractivity contribution is 8.19. The maximum absolute atomic E-state index is 11.8. The average molecular weight is 325 g/mol. The van der Waals surface area contributed by atoms with Crippen LogP contribution in [0, 0.1) is 12.3 Å². The minimum atomic E-state index is -0.149. The molecule has 0 unspecified atom stereocenters. The molecule has 1 aromatic heterocycles. The molecule has 2 aromatic rings. The van der Waals surface area contributed by atoms with E-state index in [1.165, 1.54) is 4.90 Å². The van der Waals surface area contributed by atoms with E-state index >= 15 is 0 Å². The largest absolute Gasteiger partial charge is 0.457 e. The molecule has 1 fully saturated rings. The molecule has 3 rings (SSSR count). The number of carbonyl (C=O) groups excluding carboxylic acids is 1. The summed E-state index contributed by atoms with van der Waals surface area (Å²) in [4.78, 5) is 14.4. The number of terminal acetylenes is 1. The van der Waals surface area contributed by atoms with Crippen molar-refractivity contribution in [2.45, 2.75) is 0 Å². The number of thiocarbonyl (C=S) groups is 1. The van der Waals surface area contributed by atoms with Crippen molar-refractivity contribution in [3.05, 3.63) is 53.1 Å². The molecule has 1 amide bonds. The lowest BCUT2D eigenvalue weighted by Gasteiger charge is -2.09. The van der Waals surface area contributed by atoms with Gasteiger partial charge in [0.25, 0.3) is 5.24 Å². The second kappa shape index (κ2) is 6.22. The molecule has 22 heavy (non-hydrogen) atoms. The number of hydrogen-bond donors (Lipinski definition) is 0. The van der Waals surface area contributed by atoms with Crippen molar-refractivity contribution < 1.29 is 9.21 Å². The molecule has 0 aliphatic carbocycles. The van der Waals surface area contributed by atoms with Gasteiger partial charge in [0, 0.05) is 5.56 Å². The summed E-state index contributed by atoms with van der Waals surface area (Å²) in [5.41, 5.74) is 0.999. The molecular weight excluding hydrogens is 314 g/mol. The van der Waals surface area contributed by atoms with Crippen LogP contribution in [0.4, 0.5) is 4.79 Å². The third kappa shape index (κ3) is 2.84. The predicted octanol–water partition coefficient (Wildman–Crippen LogP) is 4.42. The fourth-order valence-corrected chi connectivity index (χ4v) is 3.26. The van der Waals surface area contributed by atoms with E-state index in [1.54, 1.807) is 6.08 Å². The minimum absolute atomic E-state index is 0.149. The Morgan fingerprint density at radius 2 is 2.05 bits per heavy atom. The zero-order chi connectivity index (χ0) is 15.5. The fraction of sp³-hybridized carbons (Fsp3) is 0.0588. The van der Waals surface area contributed by atoms with Crippen molar-refractivity contribution in [1.82, 2.24) is 4.90 Å². The molecule has 0 bridgehead atoms. The van der Waals surface area contributed by atoms with Gasteiger partial charge in [0.2, 0.25) is 0 Å². The lowest BCUT2D eigenvalue weighted by atomic mass is 10.2. The van der Waals surface area contributed by atoms with Crippen LogP contribution in [0.3, 0.4) is 0 Å². The third-order valence-electron chi connectivity index (χ3n) is 3.08. The lowest BCUT2D eigenvalue weighted by molar-refractivity contribution is 0.248. The van der Waals surface area contributed by atoms with Crippen LogP contribution in [0.25, 0.3) is 17.4 Å². The van der Waals surface area contributed by atoms with Gasteiger partial charge in [-0.15, -0.1) is 6.42 Å². The van der Waals surface area contributed by atoms with Gasteiger partial charge in [-0.25, -0.2) is 0 Å². The summed E-state index contributed by atoms with van der Waals surface area (Å²) in [7, 11) is 0. The number of furan rings is 1. The molecule has 0 atom stereocenters. The van der Waals surface area contributed by atoms with Crippen molar-refractivity contribution in [3.63, 3.8) is 0 Å². The summed E-state index contributed by atoms with van der Waals surface area (Å²) in [6.07, 6.45) is 7.02. The van der Waals surface area contributed by atoms with E-state index in [0.29, 0.717) is 15.7 Å². The summed E-state index contributed by atoms with van der Waals surface area (Å²) in [5.74, 6) is 3.86. The Labute approximate surface area is 138 Å². The lowest BCUT2D eigenvalue weighted by Crippen LogP contribution is -2.26. The van der Waals surface area contributed by atoms with Gasteiger partial charge in [-0.05, 0) is 30.0 Å². The van der Waals surface area contributed by atoms with Gasteiger partial charge in [-0.2, -0.15) is 0 Å². The number of carbonyl (C=O) groups is 1. The Morgan fingerprint density at radius 1 is 1.27 bits per heavy atom. The van der Waals surface area contributed by atoms with Gasteiger partial charge >= 0.3 is 0 Å². The normalized spacial score (nSPS) is 16.3. The highest BCUT2D eigenvalue weighted by Gasteiger charge is 2.31. The van der Waals surface area contributed by atoms with E-state index in [1.807, 2.05) is 42.5 Å². The fourth-order valence-electron chi connectivity index (χ4n) is 2.04. The molecule has 1 saturated heterocycles. The van der Waals surface area contributed by atoms with Crippen molar-refractivity contribution in [1.29, 1.82) is 0 Å². The number of rotatable bonds is 3. The first-order valence-electron chi connectivity index (χ1n) is 6.53. The molecule has 3 nitrogen and oxygen atoms in total. The van der Waals surface area contributed by atoms with Crippen LogP contribution in [0.5, 0.6) is 0 Å². The third-order valence-corrected chi connectivity index (χ3v) is 4.58. The van der Waals surface area contributed by atoms with Crippen LogP contribution in [-0.4, -0.2) is 21.7 Å². The summed E-state index contributed by atoms with van der Waals surface area (Å²) >= 11 is 6.36. The Bertz CT molecular complexity index is 800. The van der Waals surface area contributed by atoms with E-state index in [2.05, 4.69) is 5.92 Å². The van der Waals surface area contributed by atoms with E-state index in [-0.39, 0.29) is 11.8 Å². The number of thioether (sulfide) groups is 1. The van der Waals surface area contributed by atoms with Crippen molar-refractivity contribution in [2.75, 3.05) is 6.54 Å². The average Bonchev–Trinajstić information content (AvgIpc) is 3.09. The quantitative estimate of drug-likeness (QED) is 0.475. The van der Waals surface area contributed by atoms with Gasteiger partial charge in [0.05, 0.1) is 11.4 Å². The molecule has 2 heterocycles. The molecule has 0 spiro atoms. The number of hydrogen-bond acceptors (Lipinski definition) is 4. The number of benzene rings is 1. The van der Waals surface area contributed by atoms with Crippen molar-refractivity contribution in [2.24, 2.45) is 0 Å². The SMILES string of the molecule is C#CCN1C(=O)S/C(=C/c2ccc(-c3ccccc3)o2)C1=S. The van der Waals surface area contributed by atoms with E-state index in [0.717, 1.165) is 23.1 Å².